The van der Waals surface area contributed by atoms with Crippen LogP contribution in [0.25, 0.3) is 0 Å². The summed E-state index contributed by atoms with van der Waals surface area (Å²) in [7, 11) is 3.33. The van der Waals surface area contributed by atoms with Crippen LogP contribution in [-0.4, -0.2) is 44.5 Å². The molecular formula is C20H30ClNO3. The SMILES string of the molecule is COc1ccc(CCO[C@H]2C=CCN2C2CCCCC2)cc1OC.Cl. The number of hydrogen-bond donors (Lipinski definition) is 0. The van der Waals surface area contributed by atoms with E-state index in [2.05, 4.69) is 23.1 Å². The van der Waals surface area contributed by atoms with Gasteiger partial charge in [0.25, 0.3) is 0 Å². The van der Waals surface area contributed by atoms with Crippen LogP contribution in [0.3, 0.4) is 0 Å². The average Bonchev–Trinajstić information content (AvgIpc) is 3.11. The van der Waals surface area contributed by atoms with Gasteiger partial charge in [0.2, 0.25) is 0 Å². The molecule has 3 rings (SSSR count). The largest absolute Gasteiger partial charge is 0.493 e. The topological polar surface area (TPSA) is 30.9 Å². The van der Waals surface area contributed by atoms with Crippen LogP contribution in [0.2, 0.25) is 0 Å². The van der Waals surface area contributed by atoms with Crippen LogP contribution in [-0.2, 0) is 11.2 Å². The summed E-state index contributed by atoms with van der Waals surface area (Å²) >= 11 is 0. The van der Waals surface area contributed by atoms with Crippen molar-refractivity contribution in [3.05, 3.63) is 35.9 Å². The molecule has 0 unspecified atom stereocenters. The fourth-order valence-electron chi connectivity index (χ4n) is 3.77. The van der Waals surface area contributed by atoms with Crippen molar-refractivity contribution in [2.24, 2.45) is 0 Å². The molecule has 0 N–H and O–H groups in total. The molecule has 140 valence electrons. The summed E-state index contributed by atoms with van der Waals surface area (Å²) in [6.07, 6.45) is 12.2. The van der Waals surface area contributed by atoms with E-state index in [1.54, 1.807) is 14.2 Å². The third-order valence-electron chi connectivity index (χ3n) is 5.11. The summed E-state index contributed by atoms with van der Waals surface area (Å²) in [6.45, 7) is 1.75. The molecule has 0 saturated heterocycles. The highest BCUT2D eigenvalue weighted by Crippen LogP contribution is 2.29. The highest BCUT2D eigenvalue weighted by molar-refractivity contribution is 5.85. The molecule has 1 aromatic rings. The predicted molar refractivity (Wildman–Crippen MR) is 103 cm³/mol. The summed E-state index contributed by atoms with van der Waals surface area (Å²) in [5.74, 6) is 1.55. The van der Waals surface area contributed by atoms with E-state index in [9.17, 15) is 0 Å². The van der Waals surface area contributed by atoms with E-state index in [-0.39, 0.29) is 18.6 Å². The van der Waals surface area contributed by atoms with Crippen molar-refractivity contribution in [3.8, 4) is 11.5 Å². The van der Waals surface area contributed by atoms with E-state index in [1.807, 2.05) is 12.1 Å². The lowest BCUT2D eigenvalue weighted by molar-refractivity contribution is -0.0398. The summed E-state index contributed by atoms with van der Waals surface area (Å²) < 4.78 is 16.8. The van der Waals surface area contributed by atoms with Crippen molar-refractivity contribution >= 4 is 12.4 Å². The van der Waals surface area contributed by atoms with Crippen LogP contribution in [0, 0.1) is 0 Å². The van der Waals surface area contributed by atoms with Gasteiger partial charge in [0.15, 0.2) is 11.5 Å². The van der Waals surface area contributed by atoms with Crippen molar-refractivity contribution in [1.82, 2.24) is 4.90 Å². The number of methoxy groups -OCH3 is 2. The molecule has 1 fully saturated rings. The lowest BCUT2D eigenvalue weighted by Gasteiger charge is -2.35. The van der Waals surface area contributed by atoms with Crippen molar-refractivity contribution in [3.63, 3.8) is 0 Å². The molecule has 0 spiro atoms. The maximum atomic E-state index is 6.17. The zero-order valence-electron chi connectivity index (χ0n) is 15.3. The summed E-state index contributed by atoms with van der Waals surface area (Å²) in [4.78, 5) is 2.52. The monoisotopic (exact) mass is 367 g/mol. The first-order valence-electron chi connectivity index (χ1n) is 9.06. The first kappa shape index (κ1) is 20.1. The molecule has 0 bridgehead atoms. The molecule has 0 amide bonds. The van der Waals surface area contributed by atoms with E-state index in [0.29, 0.717) is 12.6 Å². The summed E-state index contributed by atoms with van der Waals surface area (Å²) in [5, 5.41) is 0. The Bertz CT molecular complexity index is 558. The quantitative estimate of drug-likeness (QED) is 0.675. The average molecular weight is 368 g/mol. The minimum atomic E-state index is 0. The Balaban J connectivity index is 0.00000225. The van der Waals surface area contributed by atoms with Gasteiger partial charge in [-0.1, -0.05) is 31.4 Å². The van der Waals surface area contributed by atoms with Crippen LogP contribution >= 0.6 is 12.4 Å². The highest BCUT2D eigenvalue weighted by Gasteiger charge is 2.28. The molecule has 1 aliphatic carbocycles. The van der Waals surface area contributed by atoms with Gasteiger partial charge in [-0.05, 0) is 43.0 Å². The molecule has 1 saturated carbocycles. The maximum absolute atomic E-state index is 6.17. The van der Waals surface area contributed by atoms with E-state index in [1.165, 1.54) is 37.7 Å². The van der Waals surface area contributed by atoms with Crippen molar-refractivity contribution < 1.29 is 14.2 Å². The van der Waals surface area contributed by atoms with E-state index in [4.69, 9.17) is 14.2 Å². The number of nitrogens with zero attached hydrogens (tertiary/aromatic N) is 1. The molecule has 1 aromatic carbocycles. The number of hydrogen-bond acceptors (Lipinski definition) is 4. The van der Waals surface area contributed by atoms with Gasteiger partial charge in [-0.2, -0.15) is 0 Å². The number of rotatable bonds is 7. The lowest BCUT2D eigenvalue weighted by atomic mass is 9.94. The minimum absolute atomic E-state index is 0. The van der Waals surface area contributed by atoms with Gasteiger partial charge in [-0.25, -0.2) is 0 Å². The van der Waals surface area contributed by atoms with Gasteiger partial charge in [0.1, 0.15) is 6.23 Å². The van der Waals surface area contributed by atoms with Crippen LogP contribution in [0.15, 0.2) is 30.4 Å². The Morgan fingerprint density at radius 1 is 1.04 bits per heavy atom. The summed E-state index contributed by atoms with van der Waals surface area (Å²) in [6, 6.07) is 6.76. The Hall–Kier alpha value is -1.23. The van der Waals surface area contributed by atoms with Crippen molar-refractivity contribution in [1.29, 1.82) is 0 Å². The van der Waals surface area contributed by atoms with Crippen molar-refractivity contribution in [2.45, 2.75) is 50.8 Å². The zero-order valence-corrected chi connectivity index (χ0v) is 16.1. The van der Waals surface area contributed by atoms with Gasteiger partial charge >= 0.3 is 0 Å². The first-order valence-corrected chi connectivity index (χ1v) is 9.06. The van der Waals surface area contributed by atoms with E-state index >= 15 is 0 Å². The molecule has 1 atom stereocenters. The third kappa shape index (κ3) is 5.13. The lowest BCUT2D eigenvalue weighted by Crippen LogP contribution is -2.42. The van der Waals surface area contributed by atoms with Gasteiger partial charge in [-0.15, -0.1) is 12.4 Å². The van der Waals surface area contributed by atoms with E-state index < -0.39 is 0 Å². The Morgan fingerprint density at radius 2 is 1.80 bits per heavy atom. The van der Waals surface area contributed by atoms with E-state index in [0.717, 1.165) is 24.5 Å². The zero-order chi connectivity index (χ0) is 16.8. The van der Waals surface area contributed by atoms with Crippen LogP contribution in [0.1, 0.15) is 37.7 Å². The first-order chi connectivity index (χ1) is 11.8. The second-order valence-electron chi connectivity index (χ2n) is 6.62. The van der Waals surface area contributed by atoms with Crippen LogP contribution in [0.4, 0.5) is 0 Å². The molecule has 5 heteroatoms. The molecule has 0 radical (unpaired) electrons. The molecule has 25 heavy (non-hydrogen) atoms. The molecule has 1 heterocycles. The van der Waals surface area contributed by atoms with Crippen LogP contribution < -0.4 is 9.47 Å². The Morgan fingerprint density at radius 3 is 2.52 bits per heavy atom. The van der Waals surface area contributed by atoms with Crippen LogP contribution in [0.5, 0.6) is 11.5 Å². The highest BCUT2D eigenvalue weighted by atomic mass is 35.5. The van der Waals surface area contributed by atoms with Gasteiger partial charge in [0, 0.05) is 12.6 Å². The molecule has 2 aliphatic rings. The second-order valence-corrected chi connectivity index (χ2v) is 6.62. The Labute approximate surface area is 157 Å². The Kier molecular flexibility index (Phi) is 8.07. The van der Waals surface area contributed by atoms with Crippen molar-refractivity contribution in [2.75, 3.05) is 27.4 Å². The molecule has 4 nitrogen and oxygen atoms in total. The fourth-order valence-corrected chi connectivity index (χ4v) is 3.77. The number of halogens is 1. The minimum Gasteiger partial charge on any atom is -0.493 e. The van der Waals surface area contributed by atoms with Gasteiger partial charge in [-0.3, -0.25) is 4.90 Å². The third-order valence-corrected chi connectivity index (χ3v) is 5.11. The molecule has 1 aliphatic heterocycles. The smallest absolute Gasteiger partial charge is 0.160 e. The normalized spacial score (nSPS) is 21.1. The second kappa shape index (κ2) is 10.0. The predicted octanol–water partition coefficient (Wildman–Crippen LogP) is 4.22. The summed E-state index contributed by atoms with van der Waals surface area (Å²) in [5.41, 5.74) is 1.21. The standard InChI is InChI=1S/C20H29NO3.ClH/c1-22-18-11-10-16(15-19(18)23-2)12-14-24-20-9-6-13-21(20)17-7-4-3-5-8-17;/h6,9-11,15,17,20H,3-5,7-8,12-14H2,1-2H3;1H/t20-;/m0./s1. The molecule has 0 aromatic heterocycles. The molecular weight excluding hydrogens is 338 g/mol. The fraction of sp³-hybridized carbons (Fsp3) is 0.600. The number of ether oxygens (including phenoxy) is 3. The number of benzene rings is 1. The van der Waals surface area contributed by atoms with Gasteiger partial charge in [0.05, 0.1) is 20.8 Å². The van der Waals surface area contributed by atoms with Gasteiger partial charge < -0.3 is 14.2 Å². The maximum Gasteiger partial charge on any atom is 0.160 e.